The van der Waals surface area contributed by atoms with Gasteiger partial charge in [0.25, 0.3) is 0 Å². The van der Waals surface area contributed by atoms with Crippen LogP contribution in [0.5, 0.6) is 5.75 Å². The Hall–Kier alpha value is -1.35. The van der Waals surface area contributed by atoms with E-state index in [1.807, 2.05) is 19.1 Å². The summed E-state index contributed by atoms with van der Waals surface area (Å²) in [5.41, 5.74) is 1.98. The molecule has 2 fully saturated rings. The second-order valence-electron chi connectivity index (χ2n) is 7.29. The highest BCUT2D eigenvalue weighted by atomic mass is 16.3. The molecule has 0 aliphatic heterocycles. The predicted octanol–water partition coefficient (Wildman–Crippen LogP) is 2.79. The predicted molar refractivity (Wildman–Crippen MR) is 79.1 cm³/mol. The number of aromatic hydroxyl groups is 1. The smallest absolute Gasteiger partial charge is 0.141 e. The molecule has 0 aromatic heterocycles. The number of rotatable bonds is 0. The highest BCUT2D eigenvalue weighted by molar-refractivity contribution is 5.88. The summed E-state index contributed by atoms with van der Waals surface area (Å²) >= 11 is 0. The third-order valence-corrected chi connectivity index (χ3v) is 6.53. The molecule has 2 saturated carbocycles. The number of fused-ring (bicyclic) bond motifs is 5. The number of benzene rings is 1. The van der Waals surface area contributed by atoms with Gasteiger partial charge < -0.3 is 10.2 Å². The number of hydrogen-bond acceptors (Lipinski definition) is 3. The molecule has 0 saturated heterocycles. The molecule has 3 aliphatic carbocycles. The van der Waals surface area contributed by atoms with Crippen LogP contribution in [0.3, 0.4) is 0 Å². The number of aliphatic hydroxyl groups excluding tert-OH is 1. The van der Waals surface area contributed by atoms with Crippen LogP contribution in [-0.2, 0) is 11.2 Å². The van der Waals surface area contributed by atoms with E-state index in [-0.39, 0.29) is 5.78 Å². The number of phenolic OH excluding ortho intramolecular Hbond substituents is 1. The first-order valence-corrected chi connectivity index (χ1v) is 8.05. The summed E-state index contributed by atoms with van der Waals surface area (Å²) in [5, 5.41) is 20.3. The van der Waals surface area contributed by atoms with E-state index < -0.39 is 11.5 Å². The Bertz CT molecular complexity index is 608. The van der Waals surface area contributed by atoms with Crippen LogP contribution in [0.1, 0.15) is 49.7 Å². The van der Waals surface area contributed by atoms with Gasteiger partial charge in [-0.2, -0.15) is 0 Å². The van der Waals surface area contributed by atoms with Crippen molar-refractivity contribution in [1.82, 2.24) is 0 Å². The maximum absolute atomic E-state index is 12.3. The van der Waals surface area contributed by atoms with Gasteiger partial charge in [-0.15, -0.1) is 0 Å². The molecule has 5 atom stereocenters. The van der Waals surface area contributed by atoms with Gasteiger partial charge >= 0.3 is 0 Å². The minimum absolute atomic E-state index is 0.259. The molecule has 0 amide bonds. The lowest BCUT2D eigenvalue weighted by atomic mass is 9.54. The van der Waals surface area contributed by atoms with Gasteiger partial charge in [-0.25, -0.2) is 0 Å². The second kappa shape index (κ2) is 4.33. The van der Waals surface area contributed by atoms with Gasteiger partial charge in [0.1, 0.15) is 11.5 Å². The second-order valence-corrected chi connectivity index (χ2v) is 7.29. The zero-order valence-electron chi connectivity index (χ0n) is 12.4. The van der Waals surface area contributed by atoms with Gasteiger partial charge in [-0.3, -0.25) is 4.79 Å². The monoisotopic (exact) mass is 286 g/mol. The first-order chi connectivity index (χ1) is 10.0. The molecule has 3 nitrogen and oxygen atoms in total. The molecule has 2 N–H and O–H groups in total. The summed E-state index contributed by atoms with van der Waals surface area (Å²) in [5.74, 6) is 1.75. The summed E-state index contributed by atoms with van der Waals surface area (Å²) in [6, 6.07) is 5.64. The van der Waals surface area contributed by atoms with Gasteiger partial charge in [0.05, 0.1) is 11.5 Å². The van der Waals surface area contributed by atoms with E-state index in [9.17, 15) is 15.0 Å². The van der Waals surface area contributed by atoms with Crippen LogP contribution < -0.4 is 0 Å². The number of hydrogen-bond donors (Lipinski definition) is 2. The van der Waals surface area contributed by atoms with Crippen molar-refractivity contribution in [2.24, 2.45) is 17.3 Å². The van der Waals surface area contributed by atoms with Crippen LogP contribution in [0.15, 0.2) is 18.2 Å². The standard InChI is InChI=1S/C18H22O3/c1-18-15(6-7-16(18)20)13-4-2-10-8-11(19)3-5-12(10)14(13)9-17(18)21/h3,5,8,13-15,17,19,21H,2,4,6-7,9H2,1H3/t13?,14?,15?,17?,18-/m0/s1. The Morgan fingerprint density at radius 1 is 1.24 bits per heavy atom. The van der Waals surface area contributed by atoms with Crippen LogP contribution in [0.25, 0.3) is 0 Å². The number of carbonyl (C=O) groups excluding carboxylic acids is 1. The van der Waals surface area contributed by atoms with Gasteiger partial charge in [-0.05, 0) is 73.6 Å². The summed E-state index contributed by atoms with van der Waals surface area (Å²) in [4.78, 5) is 12.3. The van der Waals surface area contributed by atoms with E-state index in [0.29, 0.717) is 36.3 Å². The molecule has 0 bridgehead atoms. The summed E-state index contributed by atoms with van der Waals surface area (Å²) in [6.07, 6.45) is 3.76. The molecule has 4 unspecified atom stereocenters. The van der Waals surface area contributed by atoms with Gasteiger partial charge in [0.2, 0.25) is 0 Å². The fraction of sp³-hybridized carbons (Fsp3) is 0.611. The topological polar surface area (TPSA) is 57.5 Å². The summed E-state index contributed by atoms with van der Waals surface area (Å²) in [7, 11) is 0. The first kappa shape index (κ1) is 13.3. The van der Waals surface area contributed by atoms with Crippen molar-refractivity contribution in [2.45, 2.75) is 51.0 Å². The van der Waals surface area contributed by atoms with E-state index in [2.05, 4.69) is 0 Å². The maximum Gasteiger partial charge on any atom is 0.141 e. The minimum Gasteiger partial charge on any atom is -0.508 e. The molecule has 0 spiro atoms. The molecule has 0 heterocycles. The fourth-order valence-corrected chi connectivity index (χ4v) is 5.35. The number of carbonyl (C=O) groups is 1. The Labute approximate surface area is 125 Å². The number of aryl methyl sites for hydroxylation is 1. The average molecular weight is 286 g/mol. The van der Waals surface area contributed by atoms with Crippen LogP contribution in [0.2, 0.25) is 0 Å². The lowest BCUT2D eigenvalue weighted by Gasteiger charge is -2.50. The van der Waals surface area contributed by atoms with Crippen molar-refractivity contribution < 1.29 is 15.0 Å². The van der Waals surface area contributed by atoms with Crippen molar-refractivity contribution in [1.29, 1.82) is 0 Å². The van der Waals surface area contributed by atoms with E-state index in [1.54, 1.807) is 6.07 Å². The molecule has 3 aliphatic rings. The number of Topliss-reactive ketones (excluding diaryl/α,β-unsaturated/α-hetero) is 1. The third-order valence-electron chi connectivity index (χ3n) is 6.53. The van der Waals surface area contributed by atoms with Crippen LogP contribution in [0.4, 0.5) is 0 Å². The Kier molecular flexibility index (Phi) is 2.74. The molecular formula is C18H22O3. The van der Waals surface area contributed by atoms with Crippen molar-refractivity contribution in [3.8, 4) is 5.75 Å². The van der Waals surface area contributed by atoms with Crippen molar-refractivity contribution in [2.75, 3.05) is 0 Å². The quantitative estimate of drug-likeness (QED) is 0.771. The highest BCUT2D eigenvalue weighted by Crippen LogP contribution is 2.59. The lowest BCUT2D eigenvalue weighted by molar-refractivity contribution is -0.140. The zero-order chi connectivity index (χ0) is 14.8. The molecule has 21 heavy (non-hydrogen) atoms. The molecule has 4 rings (SSSR count). The number of phenols is 1. The van der Waals surface area contributed by atoms with E-state index in [4.69, 9.17) is 0 Å². The van der Waals surface area contributed by atoms with Gasteiger partial charge in [-0.1, -0.05) is 6.07 Å². The van der Waals surface area contributed by atoms with E-state index in [1.165, 1.54) is 11.1 Å². The van der Waals surface area contributed by atoms with Crippen molar-refractivity contribution >= 4 is 5.78 Å². The Morgan fingerprint density at radius 3 is 2.86 bits per heavy atom. The van der Waals surface area contributed by atoms with Gasteiger partial charge in [0.15, 0.2) is 0 Å². The van der Waals surface area contributed by atoms with E-state index in [0.717, 1.165) is 19.3 Å². The average Bonchev–Trinajstić information content (AvgIpc) is 2.77. The maximum atomic E-state index is 12.3. The SMILES string of the molecule is C[C@@]12C(=O)CCC1C1CCc3cc(O)ccc3C1CC2O. The minimum atomic E-state index is -0.529. The van der Waals surface area contributed by atoms with Crippen LogP contribution in [-0.4, -0.2) is 22.1 Å². The van der Waals surface area contributed by atoms with Crippen molar-refractivity contribution in [3.63, 3.8) is 0 Å². The molecule has 112 valence electrons. The molecule has 1 aromatic carbocycles. The normalized spacial score (nSPS) is 41.3. The number of ketones is 1. The fourth-order valence-electron chi connectivity index (χ4n) is 5.35. The summed E-state index contributed by atoms with van der Waals surface area (Å²) < 4.78 is 0. The molecular weight excluding hydrogens is 264 g/mol. The number of aliphatic hydroxyl groups is 1. The first-order valence-electron chi connectivity index (χ1n) is 8.05. The van der Waals surface area contributed by atoms with Crippen LogP contribution >= 0.6 is 0 Å². The van der Waals surface area contributed by atoms with Gasteiger partial charge in [0, 0.05) is 6.42 Å². The Balaban J connectivity index is 1.77. The summed E-state index contributed by atoms with van der Waals surface area (Å²) in [6.45, 7) is 1.99. The third kappa shape index (κ3) is 1.67. The highest BCUT2D eigenvalue weighted by Gasteiger charge is 2.59. The molecule has 0 radical (unpaired) electrons. The Morgan fingerprint density at radius 2 is 2.05 bits per heavy atom. The van der Waals surface area contributed by atoms with Crippen LogP contribution in [0, 0.1) is 17.3 Å². The largest absolute Gasteiger partial charge is 0.508 e. The van der Waals surface area contributed by atoms with E-state index >= 15 is 0 Å². The molecule has 3 heteroatoms. The van der Waals surface area contributed by atoms with Crippen molar-refractivity contribution in [3.05, 3.63) is 29.3 Å². The zero-order valence-corrected chi connectivity index (χ0v) is 12.4. The lowest BCUT2D eigenvalue weighted by Crippen LogP contribution is -2.51. The molecule has 1 aromatic rings.